The molecule has 0 fully saturated rings. The van der Waals surface area contributed by atoms with Gasteiger partial charge in [-0.2, -0.15) is 4.72 Å². The van der Waals surface area contributed by atoms with E-state index in [0.29, 0.717) is 5.56 Å². The minimum atomic E-state index is -3.88. The average molecular weight is 294 g/mol. The van der Waals surface area contributed by atoms with Crippen LogP contribution in [0.1, 0.15) is 11.6 Å². The van der Waals surface area contributed by atoms with Gasteiger partial charge in [-0.3, -0.25) is 4.79 Å². The van der Waals surface area contributed by atoms with Crippen molar-refractivity contribution >= 4 is 16.0 Å². The molecule has 0 radical (unpaired) electrons. The highest BCUT2D eigenvalue weighted by atomic mass is 32.2. The predicted molar refractivity (Wildman–Crippen MR) is 72.6 cm³/mol. The van der Waals surface area contributed by atoms with Gasteiger partial charge in [0.05, 0.1) is 4.90 Å². The molecule has 0 aliphatic carbocycles. The maximum absolute atomic E-state index is 12.1. The van der Waals surface area contributed by atoms with Crippen LogP contribution < -0.4 is 4.72 Å². The molecule has 0 saturated heterocycles. The zero-order valence-electron chi connectivity index (χ0n) is 10.7. The first-order valence-electron chi connectivity index (χ1n) is 5.82. The summed E-state index contributed by atoms with van der Waals surface area (Å²) in [6.07, 6.45) is 2.99. The summed E-state index contributed by atoms with van der Waals surface area (Å²) in [6, 6.07) is 8.25. The highest BCUT2D eigenvalue weighted by Gasteiger charge is 2.27. The number of benzene rings is 1. The fourth-order valence-corrected chi connectivity index (χ4v) is 2.99. The smallest absolute Gasteiger partial charge is 0.326 e. The number of carboxylic acid groups (broad SMARTS) is 1. The molecule has 1 heterocycles. The van der Waals surface area contributed by atoms with Crippen LogP contribution in [0.3, 0.4) is 0 Å². The lowest BCUT2D eigenvalue weighted by atomic mass is 10.1. The predicted octanol–water partition coefficient (Wildman–Crippen LogP) is 1.13. The Hall–Kier alpha value is -2.12. The first-order chi connectivity index (χ1) is 9.40. The number of nitrogens with one attached hydrogen (secondary N) is 1. The molecule has 2 aromatic rings. The van der Waals surface area contributed by atoms with Gasteiger partial charge in [-0.1, -0.05) is 30.3 Å². The second kappa shape index (κ2) is 5.48. The standard InChI is InChI=1S/C13H14N2O4S/c1-15-8-7-11(9-15)20(18,19)14-12(13(16)17)10-5-3-2-4-6-10/h2-9,12,14H,1H3,(H,16,17)/t12-/m0/s1. The molecule has 1 atom stereocenters. The lowest BCUT2D eigenvalue weighted by molar-refractivity contribution is -0.139. The monoisotopic (exact) mass is 294 g/mol. The molecule has 1 aromatic carbocycles. The van der Waals surface area contributed by atoms with Crippen molar-refractivity contribution in [1.29, 1.82) is 0 Å². The van der Waals surface area contributed by atoms with Crippen LogP contribution in [-0.2, 0) is 21.9 Å². The SMILES string of the molecule is Cn1ccc(S(=O)(=O)N[C@H](C(=O)O)c2ccccc2)c1. The Balaban J connectivity index is 2.32. The summed E-state index contributed by atoms with van der Waals surface area (Å²) < 4.78 is 28.1. The molecule has 7 heteroatoms. The fraction of sp³-hybridized carbons (Fsp3) is 0.154. The van der Waals surface area contributed by atoms with Crippen molar-refractivity contribution in [3.05, 3.63) is 54.4 Å². The van der Waals surface area contributed by atoms with Gasteiger partial charge in [0, 0.05) is 19.4 Å². The maximum atomic E-state index is 12.1. The van der Waals surface area contributed by atoms with E-state index in [0.717, 1.165) is 0 Å². The number of carboxylic acids is 1. The summed E-state index contributed by atoms with van der Waals surface area (Å²) in [4.78, 5) is 11.3. The molecule has 0 saturated carbocycles. The van der Waals surface area contributed by atoms with Crippen molar-refractivity contribution in [3.63, 3.8) is 0 Å². The van der Waals surface area contributed by atoms with Crippen molar-refractivity contribution in [2.24, 2.45) is 7.05 Å². The van der Waals surface area contributed by atoms with Gasteiger partial charge in [0.25, 0.3) is 0 Å². The number of rotatable bonds is 5. The molecule has 2 rings (SSSR count). The second-order valence-electron chi connectivity index (χ2n) is 4.32. The molecular formula is C13H14N2O4S. The molecule has 0 amide bonds. The Bertz CT molecular complexity index is 707. The van der Waals surface area contributed by atoms with Crippen molar-refractivity contribution in [2.75, 3.05) is 0 Å². The van der Waals surface area contributed by atoms with Crippen LogP contribution in [0, 0.1) is 0 Å². The topological polar surface area (TPSA) is 88.4 Å². The maximum Gasteiger partial charge on any atom is 0.326 e. The molecule has 0 bridgehead atoms. The summed E-state index contributed by atoms with van der Waals surface area (Å²) in [6.45, 7) is 0. The van der Waals surface area contributed by atoms with Crippen LogP contribution in [0.2, 0.25) is 0 Å². The Kier molecular flexibility index (Phi) is 3.91. The second-order valence-corrected chi connectivity index (χ2v) is 6.03. The Morgan fingerprint density at radius 2 is 1.90 bits per heavy atom. The van der Waals surface area contributed by atoms with Crippen LogP contribution in [0.15, 0.2) is 53.7 Å². The molecular weight excluding hydrogens is 280 g/mol. The van der Waals surface area contributed by atoms with Crippen molar-refractivity contribution in [1.82, 2.24) is 9.29 Å². The van der Waals surface area contributed by atoms with Gasteiger partial charge in [0.2, 0.25) is 10.0 Å². The average Bonchev–Trinajstić information content (AvgIpc) is 2.84. The number of aliphatic carboxylic acids is 1. The van der Waals surface area contributed by atoms with E-state index in [4.69, 9.17) is 0 Å². The number of nitrogens with zero attached hydrogens (tertiary/aromatic N) is 1. The largest absolute Gasteiger partial charge is 0.480 e. The van der Waals surface area contributed by atoms with E-state index >= 15 is 0 Å². The minimum Gasteiger partial charge on any atom is -0.480 e. The summed E-state index contributed by atoms with van der Waals surface area (Å²) in [7, 11) is -2.20. The van der Waals surface area contributed by atoms with Crippen LogP contribution in [0.4, 0.5) is 0 Å². The van der Waals surface area contributed by atoms with Crippen molar-refractivity contribution < 1.29 is 18.3 Å². The van der Waals surface area contributed by atoms with Crippen LogP contribution >= 0.6 is 0 Å². The quantitative estimate of drug-likeness (QED) is 0.865. The number of hydrogen-bond acceptors (Lipinski definition) is 3. The van der Waals surface area contributed by atoms with Gasteiger partial charge >= 0.3 is 5.97 Å². The van der Waals surface area contributed by atoms with E-state index in [9.17, 15) is 18.3 Å². The first kappa shape index (κ1) is 14.3. The molecule has 0 aliphatic heterocycles. The Labute approximate surface area is 116 Å². The van der Waals surface area contributed by atoms with E-state index in [2.05, 4.69) is 4.72 Å². The third-order valence-electron chi connectivity index (χ3n) is 2.77. The third-order valence-corrected chi connectivity index (χ3v) is 4.18. The molecule has 6 nitrogen and oxygen atoms in total. The van der Waals surface area contributed by atoms with Crippen LogP contribution in [-0.4, -0.2) is 24.1 Å². The lowest BCUT2D eigenvalue weighted by Gasteiger charge is -2.14. The third kappa shape index (κ3) is 3.06. The molecule has 20 heavy (non-hydrogen) atoms. The zero-order chi connectivity index (χ0) is 14.8. The van der Waals surface area contributed by atoms with Gasteiger partial charge in [0.1, 0.15) is 6.04 Å². The van der Waals surface area contributed by atoms with Gasteiger partial charge in [-0.25, -0.2) is 8.42 Å². The van der Waals surface area contributed by atoms with E-state index in [-0.39, 0.29) is 4.90 Å². The van der Waals surface area contributed by atoms with E-state index < -0.39 is 22.0 Å². The molecule has 1 aromatic heterocycles. The van der Waals surface area contributed by atoms with Gasteiger partial charge in [0.15, 0.2) is 0 Å². The highest BCUT2D eigenvalue weighted by Crippen LogP contribution is 2.17. The molecule has 106 valence electrons. The number of carbonyl (C=O) groups is 1. The summed E-state index contributed by atoms with van der Waals surface area (Å²) in [5.74, 6) is -1.25. The van der Waals surface area contributed by atoms with Crippen LogP contribution in [0.25, 0.3) is 0 Å². The number of sulfonamides is 1. The number of aromatic nitrogens is 1. The van der Waals surface area contributed by atoms with E-state index in [1.807, 2.05) is 0 Å². The van der Waals surface area contributed by atoms with Gasteiger partial charge < -0.3 is 9.67 Å². The van der Waals surface area contributed by atoms with Crippen molar-refractivity contribution in [3.8, 4) is 0 Å². The summed E-state index contributed by atoms with van der Waals surface area (Å²) >= 11 is 0. The highest BCUT2D eigenvalue weighted by molar-refractivity contribution is 7.89. The van der Waals surface area contributed by atoms with Gasteiger partial charge in [-0.05, 0) is 11.6 Å². The summed E-state index contributed by atoms with van der Waals surface area (Å²) in [5, 5.41) is 9.21. The zero-order valence-corrected chi connectivity index (χ0v) is 11.5. The van der Waals surface area contributed by atoms with Gasteiger partial charge in [-0.15, -0.1) is 0 Å². The Morgan fingerprint density at radius 1 is 1.25 bits per heavy atom. The van der Waals surface area contributed by atoms with E-state index in [1.54, 1.807) is 48.1 Å². The number of aryl methyl sites for hydroxylation is 1. The summed E-state index contributed by atoms with van der Waals surface area (Å²) in [5.41, 5.74) is 0.375. The lowest BCUT2D eigenvalue weighted by Crippen LogP contribution is -2.33. The minimum absolute atomic E-state index is 0.0298. The fourth-order valence-electron chi connectivity index (χ4n) is 1.77. The molecule has 2 N–H and O–H groups in total. The van der Waals surface area contributed by atoms with Crippen molar-refractivity contribution in [2.45, 2.75) is 10.9 Å². The number of hydrogen-bond donors (Lipinski definition) is 2. The molecule has 0 spiro atoms. The molecule has 0 unspecified atom stereocenters. The van der Waals surface area contributed by atoms with E-state index in [1.165, 1.54) is 12.3 Å². The molecule has 0 aliphatic rings. The Morgan fingerprint density at radius 3 is 2.40 bits per heavy atom. The normalized spacial score (nSPS) is 13.1. The first-order valence-corrected chi connectivity index (χ1v) is 7.30. The van der Waals surface area contributed by atoms with Crippen LogP contribution in [0.5, 0.6) is 0 Å².